The van der Waals surface area contributed by atoms with Crippen molar-refractivity contribution in [1.29, 1.82) is 0 Å². The lowest BCUT2D eigenvalue weighted by atomic mass is 10.1. The Hall–Kier alpha value is -0.170. The summed E-state index contributed by atoms with van der Waals surface area (Å²) in [6, 6.07) is -0.127. The van der Waals surface area contributed by atoms with Crippen molar-refractivity contribution in [2.45, 2.75) is 57.0 Å². The summed E-state index contributed by atoms with van der Waals surface area (Å²) in [5.41, 5.74) is 0. The highest BCUT2D eigenvalue weighted by Gasteiger charge is 2.32. The Morgan fingerprint density at radius 1 is 1.11 bits per heavy atom. The van der Waals surface area contributed by atoms with Gasteiger partial charge in [-0.15, -0.1) is 0 Å². The van der Waals surface area contributed by atoms with E-state index in [1.807, 2.05) is 0 Å². The van der Waals surface area contributed by atoms with E-state index < -0.39 is 10.0 Å². The van der Waals surface area contributed by atoms with Crippen LogP contribution in [0.1, 0.15) is 44.9 Å². The second-order valence-corrected chi connectivity index (χ2v) is 7.69. The maximum atomic E-state index is 12.6. The fourth-order valence-electron chi connectivity index (χ4n) is 3.12. The summed E-state index contributed by atoms with van der Waals surface area (Å²) in [5, 5.41) is 12.7. The number of nitrogens with zero attached hydrogens (tertiary/aromatic N) is 1. The Kier molecular flexibility index (Phi) is 5.62. The summed E-state index contributed by atoms with van der Waals surface area (Å²) < 4.78 is 26.7. The molecule has 6 heteroatoms. The van der Waals surface area contributed by atoms with Gasteiger partial charge in [0.25, 0.3) is 0 Å². The molecule has 0 aromatic rings. The van der Waals surface area contributed by atoms with E-state index in [0.717, 1.165) is 51.5 Å². The minimum atomic E-state index is -3.26. The highest BCUT2D eigenvalue weighted by Crippen LogP contribution is 2.21. The summed E-state index contributed by atoms with van der Waals surface area (Å²) >= 11 is 0. The summed E-state index contributed by atoms with van der Waals surface area (Å²) in [6.45, 7) is 1.43. The molecule has 112 valence electrons. The first kappa shape index (κ1) is 15.2. The van der Waals surface area contributed by atoms with Crippen LogP contribution in [0.3, 0.4) is 0 Å². The number of aliphatic hydroxyl groups excluding tert-OH is 1. The van der Waals surface area contributed by atoms with E-state index in [4.69, 9.17) is 0 Å². The number of hydrogen-bond acceptors (Lipinski definition) is 4. The zero-order valence-electron chi connectivity index (χ0n) is 11.6. The van der Waals surface area contributed by atoms with Gasteiger partial charge in [-0.3, -0.25) is 0 Å². The molecule has 2 aliphatic heterocycles. The standard InChI is InChI=1S/C13H26N2O3S/c16-10-13-7-2-1-5-9-15(13)19(17,18)11-12-6-3-4-8-14-12/h12-14,16H,1-11H2. The highest BCUT2D eigenvalue weighted by molar-refractivity contribution is 7.89. The molecule has 0 amide bonds. The maximum absolute atomic E-state index is 12.6. The van der Waals surface area contributed by atoms with Gasteiger partial charge in [0.05, 0.1) is 12.4 Å². The lowest BCUT2D eigenvalue weighted by molar-refractivity contribution is 0.186. The predicted octanol–water partition coefficient (Wildman–Crippen LogP) is 0.695. The van der Waals surface area contributed by atoms with Crippen LogP contribution >= 0.6 is 0 Å². The molecule has 2 fully saturated rings. The molecule has 2 atom stereocenters. The van der Waals surface area contributed by atoms with Gasteiger partial charge in [0.2, 0.25) is 10.0 Å². The van der Waals surface area contributed by atoms with Crippen LogP contribution in [0.4, 0.5) is 0 Å². The van der Waals surface area contributed by atoms with Crippen molar-refractivity contribution in [3.05, 3.63) is 0 Å². The van der Waals surface area contributed by atoms with E-state index >= 15 is 0 Å². The average Bonchev–Trinajstić information content (AvgIpc) is 2.64. The number of nitrogens with one attached hydrogen (secondary N) is 1. The number of sulfonamides is 1. The minimum absolute atomic E-state index is 0.0582. The van der Waals surface area contributed by atoms with Crippen LogP contribution in [-0.4, -0.2) is 55.4 Å². The van der Waals surface area contributed by atoms with Crippen molar-refractivity contribution >= 4 is 10.0 Å². The fraction of sp³-hybridized carbons (Fsp3) is 1.00. The number of hydrogen-bond donors (Lipinski definition) is 2. The van der Waals surface area contributed by atoms with Crippen LogP contribution in [-0.2, 0) is 10.0 Å². The first-order valence-corrected chi connectivity index (χ1v) is 9.08. The summed E-state index contributed by atoms with van der Waals surface area (Å²) in [5.74, 6) is 0.184. The smallest absolute Gasteiger partial charge is 0.215 e. The summed E-state index contributed by atoms with van der Waals surface area (Å²) in [4.78, 5) is 0. The second-order valence-electron chi connectivity index (χ2n) is 5.72. The molecule has 2 heterocycles. The van der Waals surface area contributed by atoms with Crippen LogP contribution in [0.25, 0.3) is 0 Å². The molecule has 2 aliphatic rings. The Balaban J connectivity index is 2.02. The average molecular weight is 290 g/mol. The molecule has 0 aromatic carbocycles. The third kappa shape index (κ3) is 4.15. The van der Waals surface area contributed by atoms with Gasteiger partial charge in [-0.05, 0) is 32.2 Å². The molecule has 2 unspecified atom stereocenters. The Labute approximate surface area is 116 Å². The van der Waals surface area contributed by atoms with Crippen molar-refractivity contribution < 1.29 is 13.5 Å². The third-order valence-corrected chi connectivity index (χ3v) is 6.23. The normalized spacial score (nSPS) is 31.0. The first-order chi connectivity index (χ1) is 9.13. The molecule has 0 spiro atoms. The molecule has 0 aromatic heterocycles. The lowest BCUT2D eigenvalue weighted by Crippen LogP contribution is -2.48. The molecule has 0 aliphatic carbocycles. The van der Waals surface area contributed by atoms with Gasteiger partial charge in [0.1, 0.15) is 0 Å². The second kappa shape index (κ2) is 7.02. The third-order valence-electron chi connectivity index (χ3n) is 4.22. The van der Waals surface area contributed by atoms with Crippen LogP contribution in [0.5, 0.6) is 0 Å². The molecule has 2 saturated heterocycles. The predicted molar refractivity (Wildman–Crippen MR) is 75.5 cm³/mol. The lowest BCUT2D eigenvalue weighted by Gasteiger charge is -2.31. The minimum Gasteiger partial charge on any atom is -0.395 e. The van der Waals surface area contributed by atoms with Crippen LogP contribution < -0.4 is 5.32 Å². The zero-order valence-corrected chi connectivity index (χ0v) is 12.4. The van der Waals surface area contributed by atoms with Crippen LogP contribution in [0.15, 0.2) is 0 Å². The molecule has 2 rings (SSSR count). The van der Waals surface area contributed by atoms with Crippen molar-refractivity contribution in [3.8, 4) is 0 Å². The number of aliphatic hydroxyl groups is 1. The van der Waals surface area contributed by atoms with E-state index in [1.54, 1.807) is 4.31 Å². The van der Waals surface area contributed by atoms with E-state index in [1.165, 1.54) is 0 Å². The molecule has 0 bridgehead atoms. The Bertz CT molecular complexity index is 366. The topological polar surface area (TPSA) is 69.6 Å². The highest BCUT2D eigenvalue weighted by atomic mass is 32.2. The van der Waals surface area contributed by atoms with Gasteiger partial charge < -0.3 is 10.4 Å². The zero-order chi connectivity index (χ0) is 13.7. The molecule has 19 heavy (non-hydrogen) atoms. The van der Waals surface area contributed by atoms with Gasteiger partial charge in [-0.25, -0.2) is 8.42 Å². The fourth-order valence-corrected chi connectivity index (χ4v) is 5.13. The molecule has 2 N–H and O–H groups in total. The molecule has 5 nitrogen and oxygen atoms in total. The van der Waals surface area contributed by atoms with Crippen LogP contribution in [0.2, 0.25) is 0 Å². The van der Waals surface area contributed by atoms with Crippen LogP contribution in [0, 0.1) is 0 Å². The number of rotatable bonds is 4. The van der Waals surface area contributed by atoms with Gasteiger partial charge in [-0.1, -0.05) is 19.3 Å². The summed E-state index contributed by atoms with van der Waals surface area (Å²) in [6.07, 6.45) is 6.96. The van der Waals surface area contributed by atoms with Gasteiger partial charge in [0.15, 0.2) is 0 Å². The Morgan fingerprint density at radius 2 is 1.89 bits per heavy atom. The van der Waals surface area contributed by atoms with Gasteiger partial charge in [-0.2, -0.15) is 4.31 Å². The van der Waals surface area contributed by atoms with Gasteiger partial charge >= 0.3 is 0 Å². The Morgan fingerprint density at radius 3 is 2.58 bits per heavy atom. The maximum Gasteiger partial charge on any atom is 0.215 e. The SMILES string of the molecule is O=S(=O)(CC1CCCCN1)N1CCCCCC1CO. The van der Waals surface area contributed by atoms with Crippen molar-refractivity contribution in [2.75, 3.05) is 25.4 Å². The quantitative estimate of drug-likeness (QED) is 0.799. The summed E-state index contributed by atoms with van der Waals surface area (Å²) in [7, 11) is -3.26. The van der Waals surface area contributed by atoms with E-state index in [0.29, 0.717) is 6.54 Å². The van der Waals surface area contributed by atoms with E-state index in [-0.39, 0.29) is 24.4 Å². The largest absolute Gasteiger partial charge is 0.395 e. The van der Waals surface area contributed by atoms with E-state index in [9.17, 15) is 13.5 Å². The molecule has 0 radical (unpaired) electrons. The van der Waals surface area contributed by atoms with Crippen molar-refractivity contribution in [1.82, 2.24) is 9.62 Å². The molecular weight excluding hydrogens is 264 g/mol. The van der Waals surface area contributed by atoms with Gasteiger partial charge in [0, 0.05) is 18.6 Å². The van der Waals surface area contributed by atoms with Crippen molar-refractivity contribution in [2.24, 2.45) is 0 Å². The van der Waals surface area contributed by atoms with Crippen molar-refractivity contribution in [3.63, 3.8) is 0 Å². The molecule has 0 saturated carbocycles. The first-order valence-electron chi connectivity index (χ1n) is 7.47. The van der Waals surface area contributed by atoms with E-state index in [2.05, 4.69) is 5.32 Å². The monoisotopic (exact) mass is 290 g/mol. The number of piperidine rings is 1. The molecular formula is C13H26N2O3S.